The fraction of sp³-hybridized carbons (Fsp3) is 0. The summed E-state index contributed by atoms with van der Waals surface area (Å²) in [6, 6.07) is 3.78. The van der Waals surface area contributed by atoms with Crippen molar-refractivity contribution in [2.75, 3.05) is 0 Å². The van der Waals surface area contributed by atoms with Crippen molar-refractivity contribution in [1.82, 2.24) is 15.0 Å². The number of H-pyrrole nitrogens is 2. The second kappa shape index (κ2) is 3.67. The van der Waals surface area contributed by atoms with E-state index in [-0.39, 0.29) is 5.88 Å². The van der Waals surface area contributed by atoms with Crippen LogP contribution in [0.15, 0.2) is 23.3 Å². The van der Waals surface area contributed by atoms with Gasteiger partial charge in [-0.3, -0.25) is 0 Å². The monoisotopic (exact) mass is 244 g/mol. The van der Waals surface area contributed by atoms with E-state index in [9.17, 15) is 5.11 Å². The molecule has 6 heteroatoms. The number of aromatic amines is 2. The summed E-state index contributed by atoms with van der Waals surface area (Å²) in [6.45, 7) is 0. The Labute approximate surface area is 102 Å². The number of nitrogens with zero attached hydrogens (tertiary/aromatic N) is 2. The van der Waals surface area contributed by atoms with Crippen molar-refractivity contribution in [3.63, 3.8) is 0 Å². The first-order valence-electron chi connectivity index (χ1n) is 4.96. The van der Waals surface area contributed by atoms with Crippen LogP contribution in [-0.2, 0) is 0 Å². The maximum Gasteiger partial charge on any atom is 0.215 e. The molecule has 3 heterocycles. The van der Waals surface area contributed by atoms with Crippen LogP contribution in [0.1, 0.15) is 11.3 Å². The van der Waals surface area contributed by atoms with E-state index in [4.69, 9.17) is 12.2 Å². The highest BCUT2D eigenvalue weighted by Crippen LogP contribution is 2.30. The largest absolute Gasteiger partial charge is 0.493 e. The molecule has 1 aliphatic heterocycles. The van der Waals surface area contributed by atoms with Crippen LogP contribution in [0.2, 0.25) is 0 Å². The fourth-order valence-electron chi connectivity index (χ4n) is 1.69. The molecular formula is C11H8N4OS. The van der Waals surface area contributed by atoms with Crippen LogP contribution in [0.5, 0.6) is 5.88 Å². The van der Waals surface area contributed by atoms with Crippen molar-refractivity contribution in [2.45, 2.75) is 0 Å². The molecule has 0 saturated heterocycles. The van der Waals surface area contributed by atoms with Crippen molar-refractivity contribution >= 4 is 35.9 Å². The number of aromatic hydroxyl groups is 1. The number of hydrogen-bond donors (Lipinski definition) is 3. The smallest absolute Gasteiger partial charge is 0.215 e. The average Bonchev–Trinajstić information content (AvgIpc) is 2.85. The van der Waals surface area contributed by atoms with Crippen LogP contribution in [-0.4, -0.2) is 26.3 Å². The average molecular weight is 244 g/mol. The highest BCUT2D eigenvalue weighted by Gasteiger charge is 2.13. The molecule has 2 aromatic heterocycles. The van der Waals surface area contributed by atoms with E-state index < -0.39 is 0 Å². The lowest BCUT2D eigenvalue weighted by atomic mass is 10.1. The molecule has 5 nitrogen and oxygen atoms in total. The van der Waals surface area contributed by atoms with E-state index in [1.807, 2.05) is 12.1 Å². The van der Waals surface area contributed by atoms with Gasteiger partial charge in [-0.05, 0) is 30.4 Å². The molecule has 0 fully saturated rings. The third-order valence-corrected chi connectivity index (χ3v) is 2.66. The topological polar surface area (TPSA) is 77.1 Å². The van der Waals surface area contributed by atoms with E-state index in [1.54, 1.807) is 18.5 Å². The Kier molecular flexibility index (Phi) is 2.15. The Bertz CT molecular complexity index is 695. The van der Waals surface area contributed by atoms with Gasteiger partial charge in [-0.15, -0.1) is 0 Å². The maximum atomic E-state index is 9.58. The van der Waals surface area contributed by atoms with Gasteiger partial charge in [0.2, 0.25) is 5.88 Å². The van der Waals surface area contributed by atoms with Crippen molar-refractivity contribution in [1.29, 1.82) is 0 Å². The zero-order chi connectivity index (χ0) is 11.8. The van der Waals surface area contributed by atoms with Gasteiger partial charge in [-0.25, -0.2) is 9.98 Å². The number of aliphatic imine (C=N–C) groups is 1. The summed E-state index contributed by atoms with van der Waals surface area (Å²) in [5.74, 6) is 0.709. The van der Waals surface area contributed by atoms with Gasteiger partial charge >= 0.3 is 0 Å². The molecule has 3 N–H and O–H groups in total. The lowest BCUT2D eigenvalue weighted by Crippen LogP contribution is -1.82. The molecule has 0 bridgehead atoms. The lowest BCUT2D eigenvalue weighted by Gasteiger charge is -1.97. The highest BCUT2D eigenvalue weighted by molar-refractivity contribution is 7.71. The first kappa shape index (κ1) is 9.98. The van der Waals surface area contributed by atoms with Crippen molar-refractivity contribution in [3.05, 3.63) is 34.4 Å². The maximum absolute atomic E-state index is 9.58. The predicted molar refractivity (Wildman–Crippen MR) is 67.9 cm³/mol. The quantitative estimate of drug-likeness (QED) is 0.674. The second-order valence-corrected chi connectivity index (χ2v) is 3.98. The number of hydrogen-bond acceptors (Lipinski definition) is 4. The number of imidazole rings is 1. The van der Waals surface area contributed by atoms with Gasteiger partial charge in [0, 0.05) is 23.5 Å². The minimum atomic E-state index is 0.0215. The predicted octanol–water partition coefficient (Wildman–Crippen LogP) is 2.43. The number of rotatable bonds is 1. The minimum Gasteiger partial charge on any atom is -0.493 e. The first-order valence-corrected chi connectivity index (χ1v) is 5.37. The summed E-state index contributed by atoms with van der Waals surface area (Å²) >= 11 is 4.89. The summed E-state index contributed by atoms with van der Waals surface area (Å²) in [5, 5.41) is 9.58. The molecule has 0 saturated carbocycles. The third kappa shape index (κ3) is 1.68. The molecule has 17 heavy (non-hydrogen) atoms. The summed E-state index contributed by atoms with van der Waals surface area (Å²) in [6.07, 6.45) is 5.18. The zero-order valence-corrected chi connectivity index (χ0v) is 9.45. The van der Waals surface area contributed by atoms with Crippen LogP contribution in [0, 0.1) is 4.77 Å². The first-order chi connectivity index (χ1) is 8.24. The Hall–Kier alpha value is -2.21. The molecular weight excluding hydrogens is 236 g/mol. The Balaban J connectivity index is 2.11. The molecule has 0 unspecified atom stereocenters. The standard InChI is InChI=1S/C11H8N4OS/c16-10-8(14-11(17)15-10)4-6-5-13-9-7(6)2-1-3-12-9/h1-5,16H,(H2,14,15,17). The lowest BCUT2D eigenvalue weighted by molar-refractivity contribution is 0.455. The van der Waals surface area contributed by atoms with Crippen LogP contribution >= 0.6 is 12.2 Å². The highest BCUT2D eigenvalue weighted by atomic mass is 32.1. The molecule has 0 aliphatic carbocycles. The van der Waals surface area contributed by atoms with Gasteiger partial charge in [0.1, 0.15) is 5.69 Å². The molecule has 2 aromatic rings. The van der Waals surface area contributed by atoms with Gasteiger partial charge in [-0.2, -0.15) is 0 Å². The third-order valence-electron chi connectivity index (χ3n) is 2.46. The van der Waals surface area contributed by atoms with Crippen molar-refractivity contribution in [3.8, 4) is 5.88 Å². The number of allylic oxidation sites excluding steroid dienone is 1. The number of nitrogens with one attached hydrogen (secondary N) is 2. The van der Waals surface area contributed by atoms with Gasteiger partial charge in [0.25, 0.3) is 0 Å². The Morgan fingerprint density at radius 1 is 1.35 bits per heavy atom. The number of pyridine rings is 1. The second-order valence-electron chi connectivity index (χ2n) is 3.57. The summed E-state index contributed by atoms with van der Waals surface area (Å²) in [7, 11) is 0. The van der Waals surface area contributed by atoms with Crippen LogP contribution in [0.4, 0.5) is 5.82 Å². The number of aromatic nitrogens is 3. The molecule has 0 atom stereocenters. The van der Waals surface area contributed by atoms with Gasteiger partial charge < -0.3 is 15.1 Å². The zero-order valence-electron chi connectivity index (χ0n) is 8.64. The fourth-order valence-corrected chi connectivity index (χ4v) is 1.89. The molecule has 0 aromatic carbocycles. The minimum absolute atomic E-state index is 0.0215. The van der Waals surface area contributed by atoms with Crippen LogP contribution < -0.4 is 0 Å². The molecule has 3 rings (SSSR count). The molecule has 0 amide bonds. The summed E-state index contributed by atoms with van der Waals surface area (Å²) in [5.41, 5.74) is 2.36. The van der Waals surface area contributed by atoms with Crippen molar-refractivity contribution < 1.29 is 5.11 Å². The molecule has 0 radical (unpaired) electrons. The van der Waals surface area contributed by atoms with E-state index >= 15 is 0 Å². The van der Waals surface area contributed by atoms with E-state index in [1.165, 1.54) is 0 Å². The molecule has 0 spiro atoms. The normalized spacial score (nSPS) is 15.4. The molecule has 84 valence electrons. The number of fused-ring (bicyclic) bond motifs is 1. The SMILES string of the molecule is Oc1[nH]c(=S)[nH]c1C=C1C=Nc2ncccc21. The van der Waals surface area contributed by atoms with Crippen molar-refractivity contribution in [2.24, 2.45) is 4.99 Å². The Morgan fingerprint density at radius 2 is 2.24 bits per heavy atom. The van der Waals surface area contributed by atoms with Gasteiger partial charge in [-0.1, -0.05) is 0 Å². The van der Waals surface area contributed by atoms with Gasteiger partial charge in [0.15, 0.2) is 10.6 Å². The summed E-state index contributed by atoms with van der Waals surface area (Å²) < 4.78 is 0.385. The van der Waals surface area contributed by atoms with E-state index in [0.717, 1.165) is 11.1 Å². The van der Waals surface area contributed by atoms with Crippen LogP contribution in [0.25, 0.3) is 11.6 Å². The Morgan fingerprint density at radius 3 is 3.00 bits per heavy atom. The summed E-state index contributed by atoms with van der Waals surface area (Å²) in [4.78, 5) is 13.8. The van der Waals surface area contributed by atoms with Crippen LogP contribution in [0.3, 0.4) is 0 Å². The van der Waals surface area contributed by atoms with E-state index in [2.05, 4.69) is 19.9 Å². The molecule has 1 aliphatic rings. The van der Waals surface area contributed by atoms with Gasteiger partial charge in [0.05, 0.1) is 0 Å². The van der Waals surface area contributed by atoms with E-state index in [0.29, 0.717) is 16.3 Å².